The number of rotatable bonds is 4. The van der Waals surface area contributed by atoms with Crippen LogP contribution in [0.25, 0.3) is 11.2 Å². The van der Waals surface area contributed by atoms with Crippen molar-refractivity contribution in [2.75, 3.05) is 12.3 Å². The second-order valence-electron chi connectivity index (χ2n) is 5.74. The third-order valence-corrected chi connectivity index (χ3v) is 3.97. The van der Waals surface area contributed by atoms with Crippen LogP contribution in [0.15, 0.2) is 11.0 Å². The number of fused-ring (bicyclic) bond motifs is 1. The van der Waals surface area contributed by atoms with Crippen molar-refractivity contribution < 1.29 is 28.1 Å². The van der Waals surface area contributed by atoms with E-state index in [2.05, 4.69) is 9.97 Å². The summed E-state index contributed by atoms with van der Waals surface area (Å²) in [6.07, 6.45) is -7.46. The molecule has 9 nitrogen and oxygen atoms in total. The van der Waals surface area contributed by atoms with E-state index in [1.807, 2.05) is 0 Å². The summed E-state index contributed by atoms with van der Waals surface area (Å²) < 4.78 is 44.9. The van der Waals surface area contributed by atoms with Gasteiger partial charge in [-0.05, 0) is 0 Å². The lowest BCUT2D eigenvalue weighted by Gasteiger charge is -2.15. The van der Waals surface area contributed by atoms with Gasteiger partial charge < -0.3 is 20.7 Å². The van der Waals surface area contributed by atoms with Gasteiger partial charge >= 0.3 is 11.9 Å². The number of hydrogen-bond donors (Lipinski definition) is 3. The van der Waals surface area contributed by atoms with E-state index in [-0.39, 0.29) is 30.1 Å². The van der Waals surface area contributed by atoms with Gasteiger partial charge in [-0.1, -0.05) is 0 Å². The minimum Gasteiger partial charge on any atom is -0.394 e. The zero-order valence-electron chi connectivity index (χ0n) is 12.8. The molecule has 138 valence electrons. The number of hydrogen-bond acceptors (Lipinski definition) is 7. The smallest absolute Gasteiger partial charge is 0.390 e. The van der Waals surface area contributed by atoms with E-state index in [1.165, 1.54) is 0 Å². The summed E-state index contributed by atoms with van der Waals surface area (Å²) >= 11 is 0. The van der Waals surface area contributed by atoms with E-state index in [1.54, 1.807) is 0 Å². The Morgan fingerprint density at radius 1 is 1.44 bits per heavy atom. The molecule has 0 aromatic carbocycles. The maximum Gasteiger partial charge on any atom is 0.390 e. The molecular formula is C13H16F3N5O4. The molecule has 1 aliphatic rings. The summed E-state index contributed by atoms with van der Waals surface area (Å²) in [5.41, 5.74) is 4.69. The number of aliphatic hydroxyl groups is 2. The Labute approximate surface area is 138 Å². The summed E-state index contributed by atoms with van der Waals surface area (Å²) in [5, 5.41) is 19.3. The molecule has 0 radical (unpaired) electrons. The van der Waals surface area contributed by atoms with E-state index in [4.69, 9.17) is 15.6 Å². The normalized spacial score (nSPS) is 24.3. The lowest BCUT2D eigenvalue weighted by molar-refractivity contribution is -0.136. The molecule has 25 heavy (non-hydrogen) atoms. The van der Waals surface area contributed by atoms with Crippen LogP contribution >= 0.6 is 0 Å². The molecule has 3 heterocycles. The first-order valence-electron chi connectivity index (χ1n) is 7.45. The molecule has 2 aromatic heterocycles. The first kappa shape index (κ1) is 17.6. The van der Waals surface area contributed by atoms with Crippen LogP contribution in [-0.2, 0) is 11.3 Å². The Morgan fingerprint density at radius 3 is 2.76 bits per heavy atom. The van der Waals surface area contributed by atoms with Crippen LogP contribution in [0, 0.1) is 0 Å². The number of anilines is 1. The van der Waals surface area contributed by atoms with Crippen molar-refractivity contribution in [3.8, 4) is 0 Å². The number of nitrogen functional groups attached to an aromatic ring is 1. The van der Waals surface area contributed by atoms with Gasteiger partial charge in [0.05, 0.1) is 25.3 Å². The van der Waals surface area contributed by atoms with Crippen LogP contribution in [0.2, 0.25) is 0 Å². The SMILES string of the molecule is Nc1ncc2c(n1)n([C@@H]1O[C@H](CO)C[C@H]1O)c(=O)n2CCC(F)(F)F. The molecule has 0 aliphatic carbocycles. The van der Waals surface area contributed by atoms with Crippen LogP contribution in [0.3, 0.4) is 0 Å². The van der Waals surface area contributed by atoms with Gasteiger partial charge in [-0.2, -0.15) is 18.2 Å². The Bertz CT molecular complexity index is 833. The maximum atomic E-state index is 12.6. The van der Waals surface area contributed by atoms with Gasteiger partial charge in [0.15, 0.2) is 11.9 Å². The molecule has 0 bridgehead atoms. The molecule has 1 fully saturated rings. The van der Waals surface area contributed by atoms with Crippen molar-refractivity contribution in [2.45, 2.75) is 44.0 Å². The largest absolute Gasteiger partial charge is 0.394 e. The van der Waals surface area contributed by atoms with Gasteiger partial charge in [0.1, 0.15) is 11.6 Å². The minimum atomic E-state index is -4.45. The van der Waals surface area contributed by atoms with E-state index in [0.29, 0.717) is 0 Å². The second kappa shape index (κ2) is 6.28. The number of aliphatic hydroxyl groups excluding tert-OH is 2. The first-order valence-corrected chi connectivity index (χ1v) is 7.45. The zero-order valence-corrected chi connectivity index (χ0v) is 12.8. The van der Waals surface area contributed by atoms with E-state index < -0.39 is 43.3 Å². The molecule has 0 amide bonds. The van der Waals surface area contributed by atoms with E-state index in [0.717, 1.165) is 15.3 Å². The Morgan fingerprint density at radius 2 is 2.16 bits per heavy atom. The second-order valence-corrected chi connectivity index (χ2v) is 5.74. The average molecular weight is 363 g/mol. The van der Waals surface area contributed by atoms with Crippen molar-refractivity contribution in [3.63, 3.8) is 0 Å². The number of ether oxygens (including phenoxy) is 1. The van der Waals surface area contributed by atoms with Gasteiger partial charge in [0, 0.05) is 13.0 Å². The van der Waals surface area contributed by atoms with Crippen LogP contribution in [0.5, 0.6) is 0 Å². The van der Waals surface area contributed by atoms with Crippen LogP contribution < -0.4 is 11.4 Å². The zero-order chi connectivity index (χ0) is 18.4. The molecule has 3 rings (SSSR count). The lowest BCUT2D eigenvalue weighted by atomic mass is 10.2. The molecule has 2 aromatic rings. The highest BCUT2D eigenvalue weighted by atomic mass is 19.4. The summed E-state index contributed by atoms with van der Waals surface area (Å²) in [7, 11) is 0. The monoisotopic (exact) mass is 363 g/mol. The highest BCUT2D eigenvalue weighted by molar-refractivity contribution is 5.71. The fourth-order valence-electron chi connectivity index (χ4n) is 2.83. The highest BCUT2D eigenvalue weighted by Crippen LogP contribution is 2.30. The molecule has 3 atom stereocenters. The minimum absolute atomic E-state index is 0.0395. The Balaban J connectivity index is 2.10. The summed E-state index contributed by atoms with van der Waals surface area (Å²) in [5.74, 6) is -0.180. The van der Waals surface area contributed by atoms with Gasteiger partial charge in [0.25, 0.3) is 0 Å². The molecule has 12 heteroatoms. The molecule has 4 N–H and O–H groups in total. The summed E-state index contributed by atoms with van der Waals surface area (Å²) in [6.45, 7) is -1.00. The third-order valence-electron chi connectivity index (χ3n) is 3.97. The van der Waals surface area contributed by atoms with Crippen LogP contribution in [-0.4, -0.2) is 54.3 Å². The summed E-state index contributed by atoms with van der Waals surface area (Å²) in [4.78, 5) is 20.3. The predicted octanol–water partition coefficient (Wildman–Crippen LogP) is -0.232. The molecule has 0 saturated carbocycles. The molecular weight excluding hydrogens is 347 g/mol. The third kappa shape index (κ3) is 3.32. The fraction of sp³-hybridized carbons (Fsp3) is 0.615. The number of nitrogens with zero attached hydrogens (tertiary/aromatic N) is 4. The van der Waals surface area contributed by atoms with Gasteiger partial charge in [0.2, 0.25) is 5.95 Å². The maximum absolute atomic E-state index is 12.6. The van der Waals surface area contributed by atoms with Crippen LogP contribution in [0.1, 0.15) is 19.1 Å². The van der Waals surface area contributed by atoms with Crippen molar-refractivity contribution >= 4 is 17.1 Å². The Kier molecular flexibility index (Phi) is 4.43. The van der Waals surface area contributed by atoms with Gasteiger partial charge in [-0.15, -0.1) is 0 Å². The average Bonchev–Trinajstić information content (AvgIpc) is 3.01. The molecule has 0 spiro atoms. The van der Waals surface area contributed by atoms with Crippen molar-refractivity contribution in [1.82, 2.24) is 19.1 Å². The lowest BCUT2D eigenvalue weighted by Crippen LogP contribution is -2.32. The predicted molar refractivity (Wildman–Crippen MR) is 78.5 cm³/mol. The number of nitrogens with two attached hydrogens (primary N) is 1. The fourth-order valence-corrected chi connectivity index (χ4v) is 2.83. The molecule has 0 unspecified atom stereocenters. The van der Waals surface area contributed by atoms with Gasteiger partial charge in [-0.3, -0.25) is 4.57 Å². The summed E-state index contributed by atoms with van der Waals surface area (Å²) in [6, 6.07) is 0. The first-order chi connectivity index (χ1) is 11.7. The highest BCUT2D eigenvalue weighted by Gasteiger charge is 2.38. The van der Waals surface area contributed by atoms with E-state index >= 15 is 0 Å². The topological polar surface area (TPSA) is 128 Å². The van der Waals surface area contributed by atoms with Gasteiger partial charge in [-0.25, -0.2) is 14.3 Å². The van der Waals surface area contributed by atoms with Crippen molar-refractivity contribution in [3.05, 3.63) is 16.7 Å². The number of alkyl halides is 3. The van der Waals surface area contributed by atoms with Crippen molar-refractivity contribution in [2.24, 2.45) is 0 Å². The van der Waals surface area contributed by atoms with Crippen molar-refractivity contribution in [1.29, 1.82) is 0 Å². The van der Waals surface area contributed by atoms with E-state index in [9.17, 15) is 23.1 Å². The Hall–Kier alpha value is -2.18. The molecule has 1 saturated heterocycles. The number of imidazole rings is 1. The number of aromatic nitrogens is 4. The number of halogens is 3. The quantitative estimate of drug-likeness (QED) is 0.684. The molecule has 1 aliphatic heterocycles. The number of aryl methyl sites for hydroxylation is 1. The van der Waals surface area contributed by atoms with Crippen LogP contribution in [0.4, 0.5) is 19.1 Å². The standard InChI is InChI=1S/C13H16F3N5O4/c14-13(15,16)1-2-20-7-4-18-11(17)19-9(7)21(12(20)24)10-8(23)3-6(5-22)25-10/h4,6,8,10,22-23H,1-3,5H2,(H2,17,18,19)/t6-,8+,10+/m0/s1.